The second-order valence-electron chi connectivity index (χ2n) is 5.03. The van der Waals surface area contributed by atoms with Crippen LogP contribution in [-0.4, -0.2) is 24.7 Å². The molecule has 108 valence electrons. The van der Waals surface area contributed by atoms with Gasteiger partial charge in [0.25, 0.3) is 0 Å². The van der Waals surface area contributed by atoms with Crippen LogP contribution in [0.4, 0.5) is 5.69 Å². The SMILES string of the molecule is N#Cc1cccc(C2CN(c3cccnc3C#N)CCO2)c1. The van der Waals surface area contributed by atoms with Gasteiger partial charge in [0.15, 0.2) is 5.69 Å². The Hall–Kier alpha value is -2.89. The van der Waals surface area contributed by atoms with Crippen molar-refractivity contribution >= 4 is 5.69 Å². The summed E-state index contributed by atoms with van der Waals surface area (Å²) >= 11 is 0. The first-order valence-electron chi connectivity index (χ1n) is 7.03. The van der Waals surface area contributed by atoms with Crippen molar-refractivity contribution in [2.75, 3.05) is 24.6 Å². The van der Waals surface area contributed by atoms with Crippen molar-refractivity contribution in [3.05, 3.63) is 59.4 Å². The maximum atomic E-state index is 9.19. The number of rotatable bonds is 2. The first kappa shape index (κ1) is 14.1. The smallest absolute Gasteiger partial charge is 0.163 e. The summed E-state index contributed by atoms with van der Waals surface area (Å²) in [6.07, 6.45) is 1.50. The number of hydrogen-bond acceptors (Lipinski definition) is 5. The molecule has 1 aromatic heterocycles. The molecule has 1 aliphatic rings. The molecule has 1 aliphatic heterocycles. The van der Waals surface area contributed by atoms with Crippen LogP contribution in [0.3, 0.4) is 0 Å². The summed E-state index contributed by atoms with van der Waals surface area (Å²) in [4.78, 5) is 6.22. The zero-order chi connectivity index (χ0) is 15.4. The molecule has 0 radical (unpaired) electrons. The van der Waals surface area contributed by atoms with E-state index >= 15 is 0 Å². The molecule has 0 N–H and O–H groups in total. The molecule has 0 aliphatic carbocycles. The predicted octanol–water partition coefficient (Wildman–Crippen LogP) is 2.40. The molecule has 0 spiro atoms. The van der Waals surface area contributed by atoms with E-state index in [-0.39, 0.29) is 6.10 Å². The summed E-state index contributed by atoms with van der Waals surface area (Å²) in [6, 6.07) is 15.5. The third-order valence-electron chi connectivity index (χ3n) is 3.69. The maximum absolute atomic E-state index is 9.19. The van der Waals surface area contributed by atoms with Gasteiger partial charge in [-0.05, 0) is 29.8 Å². The summed E-state index contributed by atoms with van der Waals surface area (Å²) in [5, 5.41) is 18.2. The lowest BCUT2D eigenvalue weighted by molar-refractivity contribution is 0.0397. The fraction of sp³-hybridized carbons (Fsp3) is 0.235. The molecule has 1 saturated heterocycles. The van der Waals surface area contributed by atoms with Gasteiger partial charge in [-0.3, -0.25) is 0 Å². The summed E-state index contributed by atoms with van der Waals surface area (Å²) in [6.45, 7) is 1.92. The van der Waals surface area contributed by atoms with E-state index in [9.17, 15) is 5.26 Å². The Bertz CT molecular complexity index is 760. The third kappa shape index (κ3) is 2.76. The Morgan fingerprint density at radius 2 is 2.09 bits per heavy atom. The van der Waals surface area contributed by atoms with Crippen LogP contribution in [0.25, 0.3) is 0 Å². The van der Waals surface area contributed by atoms with Crippen LogP contribution in [0.5, 0.6) is 0 Å². The van der Waals surface area contributed by atoms with E-state index in [4.69, 9.17) is 10.00 Å². The Labute approximate surface area is 129 Å². The molecular formula is C17H14N4O. The molecule has 1 atom stereocenters. The number of nitrogens with zero attached hydrogens (tertiary/aromatic N) is 4. The van der Waals surface area contributed by atoms with E-state index < -0.39 is 0 Å². The lowest BCUT2D eigenvalue weighted by Crippen LogP contribution is -2.38. The fourth-order valence-electron chi connectivity index (χ4n) is 2.62. The molecule has 2 aromatic rings. The monoisotopic (exact) mass is 290 g/mol. The van der Waals surface area contributed by atoms with Gasteiger partial charge in [-0.15, -0.1) is 0 Å². The minimum absolute atomic E-state index is 0.117. The average molecular weight is 290 g/mol. The number of benzene rings is 1. The van der Waals surface area contributed by atoms with Crippen molar-refractivity contribution < 1.29 is 4.74 Å². The molecule has 2 heterocycles. The van der Waals surface area contributed by atoms with E-state index in [0.29, 0.717) is 24.4 Å². The predicted molar refractivity (Wildman–Crippen MR) is 81.0 cm³/mol. The van der Waals surface area contributed by atoms with E-state index in [1.165, 1.54) is 0 Å². The van der Waals surface area contributed by atoms with Crippen LogP contribution in [0, 0.1) is 22.7 Å². The van der Waals surface area contributed by atoms with Crippen LogP contribution in [0.15, 0.2) is 42.6 Å². The highest BCUT2D eigenvalue weighted by atomic mass is 16.5. The first-order valence-corrected chi connectivity index (χ1v) is 7.03. The van der Waals surface area contributed by atoms with Crippen LogP contribution >= 0.6 is 0 Å². The Kier molecular flexibility index (Phi) is 4.00. The molecule has 0 saturated carbocycles. The molecule has 5 nitrogen and oxygen atoms in total. The first-order chi connectivity index (χ1) is 10.8. The molecule has 0 bridgehead atoms. The van der Waals surface area contributed by atoms with Crippen molar-refractivity contribution in [3.63, 3.8) is 0 Å². The molecule has 1 unspecified atom stereocenters. The summed E-state index contributed by atoms with van der Waals surface area (Å²) in [5.74, 6) is 0. The van der Waals surface area contributed by atoms with Crippen molar-refractivity contribution in [1.82, 2.24) is 4.98 Å². The van der Waals surface area contributed by atoms with Gasteiger partial charge in [-0.25, -0.2) is 4.98 Å². The van der Waals surface area contributed by atoms with Crippen LogP contribution in [0.2, 0.25) is 0 Å². The average Bonchev–Trinajstić information content (AvgIpc) is 2.62. The van der Waals surface area contributed by atoms with Gasteiger partial charge >= 0.3 is 0 Å². The molecule has 0 amide bonds. The van der Waals surface area contributed by atoms with E-state index in [1.807, 2.05) is 30.3 Å². The zero-order valence-electron chi connectivity index (χ0n) is 11.9. The number of ether oxygens (including phenoxy) is 1. The highest BCUT2D eigenvalue weighted by Crippen LogP contribution is 2.27. The molecular weight excluding hydrogens is 276 g/mol. The normalized spacial score (nSPS) is 17.5. The van der Waals surface area contributed by atoms with Crippen LogP contribution in [-0.2, 0) is 4.74 Å². The number of pyridine rings is 1. The molecule has 1 fully saturated rings. The maximum Gasteiger partial charge on any atom is 0.163 e. The number of nitriles is 2. The molecule has 1 aromatic carbocycles. The number of morpholine rings is 1. The van der Waals surface area contributed by atoms with Gasteiger partial charge in [0.05, 0.1) is 23.9 Å². The van der Waals surface area contributed by atoms with E-state index in [2.05, 4.69) is 22.0 Å². The van der Waals surface area contributed by atoms with Gasteiger partial charge in [-0.1, -0.05) is 12.1 Å². The number of hydrogen-bond donors (Lipinski definition) is 0. The van der Waals surface area contributed by atoms with Crippen molar-refractivity contribution in [3.8, 4) is 12.1 Å². The van der Waals surface area contributed by atoms with Crippen molar-refractivity contribution in [1.29, 1.82) is 10.5 Å². The van der Waals surface area contributed by atoms with Gasteiger partial charge in [0.2, 0.25) is 0 Å². The second-order valence-corrected chi connectivity index (χ2v) is 5.03. The van der Waals surface area contributed by atoms with Crippen LogP contribution < -0.4 is 4.90 Å². The highest BCUT2D eigenvalue weighted by Gasteiger charge is 2.24. The standard InChI is InChI=1S/C17H14N4O/c18-10-13-3-1-4-14(9-13)17-12-21(7-8-22-17)16-5-2-6-20-15(16)11-19/h1-6,9,17H,7-8,12H2. The lowest BCUT2D eigenvalue weighted by atomic mass is 10.0. The van der Waals surface area contributed by atoms with Crippen molar-refractivity contribution in [2.24, 2.45) is 0 Å². The van der Waals surface area contributed by atoms with Crippen molar-refractivity contribution in [2.45, 2.75) is 6.10 Å². The summed E-state index contributed by atoms with van der Waals surface area (Å²) in [7, 11) is 0. The lowest BCUT2D eigenvalue weighted by Gasteiger charge is -2.34. The number of aromatic nitrogens is 1. The van der Waals surface area contributed by atoms with Gasteiger partial charge in [0, 0.05) is 19.3 Å². The largest absolute Gasteiger partial charge is 0.370 e. The van der Waals surface area contributed by atoms with Gasteiger partial charge in [-0.2, -0.15) is 10.5 Å². The Morgan fingerprint density at radius 3 is 2.91 bits per heavy atom. The second kappa shape index (κ2) is 6.26. The summed E-state index contributed by atoms with van der Waals surface area (Å²) < 4.78 is 5.83. The van der Waals surface area contributed by atoms with Gasteiger partial charge < -0.3 is 9.64 Å². The number of anilines is 1. The summed E-state index contributed by atoms with van der Waals surface area (Å²) in [5.41, 5.74) is 2.85. The zero-order valence-corrected chi connectivity index (χ0v) is 11.9. The minimum atomic E-state index is -0.117. The van der Waals surface area contributed by atoms with Gasteiger partial charge in [0.1, 0.15) is 12.2 Å². The topological polar surface area (TPSA) is 72.9 Å². The minimum Gasteiger partial charge on any atom is -0.370 e. The van der Waals surface area contributed by atoms with Crippen LogP contribution in [0.1, 0.15) is 22.9 Å². The Morgan fingerprint density at radius 1 is 1.18 bits per heavy atom. The van der Waals surface area contributed by atoms with E-state index in [0.717, 1.165) is 17.8 Å². The fourth-order valence-corrected chi connectivity index (χ4v) is 2.62. The quantitative estimate of drug-likeness (QED) is 0.849. The highest BCUT2D eigenvalue weighted by molar-refractivity contribution is 5.56. The van der Waals surface area contributed by atoms with E-state index in [1.54, 1.807) is 12.3 Å². The molecule has 22 heavy (non-hydrogen) atoms. The third-order valence-corrected chi connectivity index (χ3v) is 3.69. The molecule has 3 rings (SSSR count). The Balaban J connectivity index is 1.85. The molecule has 5 heteroatoms.